The van der Waals surface area contributed by atoms with Crippen LogP contribution in [0.5, 0.6) is 0 Å². The SMILES string of the molecule is CCC(C)NC(CO)c1cccc(COC)c1. The van der Waals surface area contributed by atoms with Gasteiger partial charge in [-0.25, -0.2) is 0 Å². The van der Waals surface area contributed by atoms with E-state index in [-0.39, 0.29) is 12.6 Å². The fraction of sp³-hybridized carbons (Fsp3) is 0.571. The van der Waals surface area contributed by atoms with Crippen molar-refractivity contribution in [2.24, 2.45) is 0 Å². The maximum absolute atomic E-state index is 9.45. The average molecular weight is 237 g/mol. The predicted octanol–water partition coefficient (Wildman–Crippen LogP) is 2.25. The molecule has 0 fully saturated rings. The molecular formula is C14H23NO2. The van der Waals surface area contributed by atoms with Crippen LogP contribution in [0.25, 0.3) is 0 Å². The molecule has 1 aromatic carbocycles. The Labute approximate surface area is 104 Å². The van der Waals surface area contributed by atoms with Crippen molar-refractivity contribution in [1.29, 1.82) is 0 Å². The molecule has 0 aliphatic rings. The van der Waals surface area contributed by atoms with E-state index in [4.69, 9.17) is 4.74 Å². The zero-order chi connectivity index (χ0) is 12.7. The first kappa shape index (κ1) is 14.2. The summed E-state index contributed by atoms with van der Waals surface area (Å²) in [5, 5.41) is 12.9. The highest BCUT2D eigenvalue weighted by Crippen LogP contribution is 2.16. The molecule has 0 saturated heterocycles. The predicted molar refractivity (Wildman–Crippen MR) is 69.9 cm³/mol. The molecule has 1 aromatic rings. The molecule has 0 bridgehead atoms. The van der Waals surface area contributed by atoms with E-state index < -0.39 is 0 Å². The fourth-order valence-corrected chi connectivity index (χ4v) is 1.78. The van der Waals surface area contributed by atoms with E-state index in [1.54, 1.807) is 7.11 Å². The van der Waals surface area contributed by atoms with Crippen molar-refractivity contribution in [3.05, 3.63) is 35.4 Å². The Morgan fingerprint density at radius 3 is 2.76 bits per heavy atom. The quantitative estimate of drug-likeness (QED) is 0.764. The van der Waals surface area contributed by atoms with E-state index in [1.807, 2.05) is 18.2 Å². The van der Waals surface area contributed by atoms with Gasteiger partial charge in [0.05, 0.1) is 19.3 Å². The monoisotopic (exact) mass is 237 g/mol. The molecule has 0 heterocycles. The number of methoxy groups -OCH3 is 1. The van der Waals surface area contributed by atoms with Gasteiger partial charge in [-0.2, -0.15) is 0 Å². The van der Waals surface area contributed by atoms with Crippen molar-refractivity contribution in [2.45, 2.75) is 39.0 Å². The van der Waals surface area contributed by atoms with Crippen LogP contribution in [0.15, 0.2) is 24.3 Å². The molecule has 0 aromatic heterocycles. The largest absolute Gasteiger partial charge is 0.394 e. The van der Waals surface area contributed by atoms with E-state index in [1.165, 1.54) is 0 Å². The summed E-state index contributed by atoms with van der Waals surface area (Å²) >= 11 is 0. The van der Waals surface area contributed by atoms with Crippen LogP contribution in [0.3, 0.4) is 0 Å². The lowest BCUT2D eigenvalue weighted by atomic mass is 10.0. The number of hydrogen-bond acceptors (Lipinski definition) is 3. The Morgan fingerprint density at radius 1 is 1.41 bits per heavy atom. The second-order valence-electron chi connectivity index (χ2n) is 4.39. The summed E-state index contributed by atoms with van der Waals surface area (Å²) in [7, 11) is 1.69. The van der Waals surface area contributed by atoms with Crippen LogP contribution in [0.4, 0.5) is 0 Å². The van der Waals surface area contributed by atoms with Crippen molar-refractivity contribution >= 4 is 0 Å². The van der Waals surface area contributed by atoms with Gasteiger partial charge in [0.1, 0.15) is 0 Å². The summed E-state index contributed by atoms with van der Waals surface area (Å²) in [4.78, 5) is 0. The number of rotatable bonds is 7. The Kier molecular flexibility index (Phi) is 6.19. The van der Waals surface area contributed by atoms with Gasteiger partial charge in [0.25, 0.3) is 0 Å². The molecule has 17 heavy (non-hydrogen) atoms. The van der Waals surface area contributed by atoms with Gasteiger partial charge in [0.15, 0.2) is 0 Å². The van der Waals surface area contributed by atoms with Gasteiger partial charge in [0, 0.05) is 13.2 Å². The lowest BCUT2D eigenvalue weighted by molar-refractivity contribution is 0.184. The molecule has 0 saturated carbocycles. The summed E-state index contributed by atoms with van der Waals surface area (Å²) in [5.74, 6) is 0. The van der Waals surface area contributed by atoms with Crippen LogP contribution in [-0.2, 0) is 11.3 Å². The Balaban J connectivity index is 2.76. The van der Waals surface area contributed by atoms with Gasteiger partial charge < -0.3 is 15.2 Å². The molecule has 96 valence electrons. The fourth-order valence-electron chi connectivity index (χ4n) is 1.78. The molecule has 3 heteroatoms. The zero-order valence-corrected chi connectivity index (χ0v) is 10.9. The normalized spacial score (nSPS) is 14.6. The van der Waals surface area contributed by atoms with E-state index in [2.05, 4.69) is 25.2 Å². The molecular weight excluding hydrogens is 214 g/mol. The minimum absolute atomic E-state index is 0.00163. The highest BCUT2D eigenvalue weighted by atomic mass is 16.5. The molecule has 2 unspecified atom stereocenters. The lowest BCUT2D eigenvalue weighted by Crippen LogP contribution is -2.32. The van der Waals surface area contributed by atoms with E-state index in [0.29, 0.717) is 12.6 Å². The highest BCUT2D eigenvalue weighted by molar-refractivity contribution is 5.26. The number of aliphatic hydroxyl groups excluding tert-OH is 1. The average Bonchev–Trinajstić information content (AvgIpc) is 2.36. The summed E-state index contributed by atoms with van der Waals surface area (Å²) in [6.45, 7) is 4.98. The van der Waals surface area contributed by atoms with Gasteiger partial charge in [-0.15, -0.1) is 0 Å². The number of nitrogens with one attached hydrogen (secondary N) is 1. The molecule has 2 atom stereocenters. The number of benzene rings is 1. The van der Waals surface area contributed by atoms with Crippen LogP contribution in [0.2, 0.25) is 0 Å². The van der Waals surface area contributed by atoms with E-state index >= 15 is 0 Å². The van der Waals surface area contributed by atoms with Crippen molar-refractivity contribution in [3.8, 4) is 0 Å². The number of ether oxygens (including phenoxy) is 1. The lowest BCUT2D eigenvalue weighted by Gasteiger charge is -2.21. The topological polar surface area (TPSA) is 41.5 Å². The number of hydrogen-bond donors (Lipinski definition) is 2. The first-order chi connectivity index (χ1) is 8.21. The third-order valence-corrected chi connectivity index (χ3v) is 2.95. The van der Waals surface area contributed by atoms with Crippen LogP contribution in [0, 0.1) is 0 Å². The molecule has 1 rings (SSSR count). The van der Waals surface area contributed by atoms with Crippen LogP contribution in [-0.4, -0.2) is 24.9 Å². The first-order valence-electron chi connectivity index (χ1n) is 6.16. The van der Waals surface area contributed by atoms with Gasteiger partial charge in [-0.1, -0.05) is 31.2 Å². The minimum atomic E-state index is 0.00163. The van der Waals surface area contributed by atoms with Gasteiger partial charge in [-0.05, 0) is 24.5 Å². The molecule has 0 radical (unpaired) electrons. The maximum Gasteiger partial charge on any atom is 0.0713 e. The van der Waals surface area contributed by atoms with Crippen LogP contribution < -0.4 is 5.32 Å². The van der Waals surface area contributed by atoms with Gasteiger partial charge >= 0.3 is 0 Å². The number of aliphatic hydroxyl groups is 1. The second kappa shape index (κ2) is 7.43. The molecule has 0 aliphatic carbocycles. The summed E-state index contributed by atoms with van der Waals surface area (Å²) < 4.78 is 5.12. The van der Waals surface area contributed by atoms with Crippen molar-refractivity contribution < 1.29 is 9.84 Å². The smallest absolute Gasteiger partial charge is 0.0713 e. The van der Waals surface area contributed by atoms with Crippen LogP contribution >= 0.6 is 0 Å². The van der Waals surface area contributed by atoms with Crippen molar-refractivity contribution in [2.75, 3.05) is 13.7 Å². The zero-order valence-electron chi connectivity index (χ0n) is 10.9. The molecule has 0 spiro atoms. The third kappa shape index (κ3) is 4.46. The van der Waals surface area contributed by atoms with E-state index in [9.17, 15) is 5.11 Å². The Hall–Kier alpha value is -0.900. The molecule has 3 nitrogen and oxygen atoms in total. The van der Waals surface area contributed by atoms with Crippen LogP contribution in [0.1, 0.15) is 37.4 Å². The van der Waals surface area contributed by atoms with Gasteiger partial charge in [-0.3, -0.25) is 0 Å². The highest BCUT2D eigenvalue weighted by Gasteiger charge is 2.12. The first-order valence-corrected chi connectivity index (χ1v) is 6.16. The Morgan fingerprint density at radius 2 is 2.18 bits per heavy atom. The Bertz CT molecular complexity index is 328. The van der Waals surface area contributed by atoms with Crippen molar-refractivity contribution in [1.82, 2.24) is 5.32 Å². The summed E-state index contributed by atoms with van der Waals surface area (Å²) in [5.41, 5.74) is 2.25. The maximum atomic E-state index is 9.45. The molecule has 0 amide bonds. The molecule has 2 N–H and O–H groups in total. The third-order valence-electron chi connectivity index (χ3n) is 2.95. The molecule has 0 aliphatic heterocycles. The minimum Gasteiger partial charge on any atom is -0.394 e. The second-order valence-corrected chi connectivity index (χ2v) is 4.39. The van der Waals surface area contributed by atoms with E-state index in [0.717, 1.165) is 17.5 Å². The summed E-state index contributed by atoms with van der Waals surface area (Å²) in [6, 6.07) is 8.56. The summed E-state index contributed by atoms with van der Waals surface area (Å²) in [6.07, 6.45) is 1.05. The standard InChI is InChI=1S/C14H23NO2/c1-4-11(2)15-14(9-16)13-7-5-6-12(8-13)10-17-3/h5-8,11,14-16H,4,9-10H2,1-3H3. The van der Waals surface area contributed by atoms with Gasteiger partial charge in [0.2, 0.25) is 0 Å². The van der Waals surface area contributed by atoms with Crippen molar-refractivity contribution in [3.63, 3.8) is 0 Å².